The average Bonchev–Trinajstić information content (AvgIpc) is 2.39. The molecule has 5 heteroatoms. The van der Waals surface area contributed by atoms with Crippen LogP contribution in [0, 0.1) is 0 Å². The largest absolute Gasteiger partial charge is 0.508 e. The normalized spacial score (nSPS) is 10.3. The predicted molar refractivity (Wildman–Crippen MR) is 81.9 cm³/mol. The van der Waals surface area contributed by atoms with Crippen LogP contribution in [-0.4, -0.2) is 17.6 Å². The van der Waals surface area contributed by atoms with Gasteiger partial charge in [0.15, 0.2) is 0 Å². The second kappa shape index (κ2) is 6.16. The number of aromatic hydroxyl groups is 1. The van der Waals surface area contributed by atoms with E-state index in [1.54, 1.807) is 36.4 Å². The molecule has 104 valence electrons. The van der Waals surface area contributed by atoms with Gasteiger partial charge in [-0.05, 0) is 31.2 Å². The van der Waals surface area contributed by atoms with Gasteiger partial charge in [-0.1, -0.05) is 35.3 Å². The summed E-state index contributed by atoms with van der Waals surface area (Å²) in [6, 6.07) is 11.4. The molecular weight excluding hydrogens is 297 g/mol. The van der Waals surface area contributed by atoms with Gasteiger partial charge in [0.25, 0.3) is 5.91 Å². The van der Waals surface area contributed by atoms with Gasteiger partial charge in [-0.3, -0.25) is 4.79 Å². The summed E-state index contributed by atoms with van der Waals surface area (Å²) in [4.78, 5) is 14.1. The first-order valence-corrected chi connectivity index (χ1v) is 6.85. The summed E-state index contributed by atoms with van der Waals surface area (Å²) in [5.74, 6) is -0.201. The molecule has 20 heavy (non-hydrogen) atoms. The van der Waals surface area contributed by atoms with Crippen LogP contribution < -0.4 is 4.90 Å². The Kier molecular flexibility index (Phi) is 4.53. The zero-order valence-corrected chi connectivity index (χ0v) is 12.3. The van der Waals surface area contributed by atoms with Crippen molar-refractivity contribution >= 4 is 34.8 Å². The van der Waals surface area contributed by atoms with Crippen molar-refractivity contribution in [2.24, 2.45) is 0 Å². The molecule has 0 saturated heterocycles. The van der Waals surface area contributed by atoms with E-state index >= 15 is 0 Å². The summed E-state index contributed by atoms with van der Waals surface area (Å²) in [5.41, 5.74) is 0.856. The molecule has 0 fully saturated rings. The minimum atomic E-state index is -0.297. The quantitative estimate of drug-likeness (QED) is 0.914. The maximum atomic E-state index is 12.6. The molecule has 1 N–H and O–H groups in total. The number of carbonyl (C=O) groups excluding carboxylic acids is 1. The summed E-state index contributed by atoms with van der Waals surface area (Å²) in [5, 5.41) is 10.1. The fourth-order valence-electron chi connectivity index (χ4n) is 1.94. The van der Waals surface area contributed by atoms with E-state index in [1.807, 2.05) is 6.92 Å². The van der Waals surface area contributed by atoms with Crippen molar-refractivity contribution in [2.75, 3.05) is 11.4 Å². The second-order valence-electron chi connectivity index (χ2n) is 4.17. The topological polar surface area (TPSA) is 40.5 Å². The third-order valence-electron chi connectivity index (χ3n) is 2.88. The van der Waals surface area contributed by atoms with Gasteiger partial charge in [-0.25, -0.2) is 0 Å². The number of benzene rings is 2. The fraction of sp³-hybridized carbons (Fsp3) is 0.133. The Morgan fingerprint density at radius 2 is 1.75 bits per heavy atom. The lowest BCUT2D eigenvalue weighted by atomic mass is 10.1. The standard InChI is InChI=1S/C15H13Cl2NO2/c1-2-18(10-5-3-6-11(19)9-10)15(20)14-12(16)7-4-8-13(14)17/h3-9,19H,2H2,1H3. The molecule has 0 aliphatic heterocycles. The third kappa shape index (κ3) is 2.89. The predicted octanol–water partition coefficient (Wildman–Crippen LogP) is 4.37. The van der Waals surface area contributed by atoms with Gasteiger partial charge in [-0.15, -0.1) is 0 Å². The van der Waals surface area contributed by atoms with Gasteiger partial charge in [-0.2, -0.15) is 0 Å². The highest BCUT2D eigenvalue weighted by Gasteiger charge is 2.21. The van der Waals surface area contributed by atoms with Crippen LogP contribution in [0.5, 0.6) is 5.75 Å². The van der Waals surface area contributed by atoms with Crippen LogP contribution in [0.1, 0.15) is 17.3 Å². The van der Waals surface area contributed by atoms with Crippen LogP contribution in [0.15, 0.2) is 42.5 Å². The zero-order chi connectivity index (χ0) is 14.7. The van der Waals surface area contributed by atoms with Gasteiger partial charge in [0.2, 0.25) is 0 Å². The summed E-state index contributed by atoms with van der Waals surface area (Å²) in [7, 11) is 0. The minimum Gasteiger partial charge on any atom is -0.508 e. The highest BCUT2D eigenvalue weighted by Crippen LogP contribution is 2.28. The molecule has 0 atom stereocenters. The van der Waals surface area contributed by atoms with Crippen molar-refractivity contribution in [1.82, 2.24) is 0 Å². The molecule has 0 aliphatic rings. The lowest BCUT2D eigenvalue weighted by molar-refractivity contribution is 0.0988. The highest BCUT2D eigenvalue weighted by molar-refractivity contribution is 6.40. The Labute approximate surface area is 127 Å². The summed E-state index contributed by atoms with van der Waals surface area (Å²) in [6.07, 6.45) is 0. The van der Waals surface area contributed by atoms with Gasteiger partial charge in [0, 0.05) is 18.3 Å². The van der Waals surface area contributed by atoms with E-state index in [-0.39, 0.29) is 17.2 Å². The number of amides is 1. The van der Waals surface area contributed by atoms with Crippen LogP contribution in [-0.2, 0) is 0 Å². The summed E-state index contributed by atoms with van der Waals surface area (Å²) >= 11 is 12.1. The smallest absolute Gasteiger partial charge is 0.261 e. The van der Waals surface area contributed by atoms with Gasteiger partial charge >= 0.3 is 0 Å². The minimum absolute atomic E-state index is 0.0963. The molecule has 2 aromatic carbocycles. The number of halogens is 2. The van der Waals surface area contributed by atoms with Crippen LogP contribution in [0.3, 0.4) is 0 Å². The Morgan fingerprint density at radius 1 is 1.15 bits per heavy atom. The van der Waals surface area contributed by atoms with E-state index in [1.165, 1.54) is 11.0 Å². The number of carbonyl (C=O) groups is 1. The number of rotatable bonds is 3. The van der Waals surface area contributed by atoms with Gasteiger partial charge in [0.05, 0.1) is 15.6 Å². The van der Waals surface area contributed by atoms with Crippen molar-refractivity contribution < 1.29 is 9.90 Å². The lowest BCUT2D eigenvalue weighted by Crippen LogP contribution is -2.31. The number of anilines is 1. The van der Waals surface area contributed by atoms with Gasteiger partial charge in [0.1, 0.15) is 5.75 Å². The number of phenols is 1. The first-order chi connectivity index (χ1) is 9.54. The van der Waals surface area contributed by atoms with Crippen molar-refractivity contribution in [2.45, 2.75) is 6.92 Å². The molecule has 2 aromatic rings. The lowest BCUT2D eigenvalue weighted by Gasteiger charge is -2.22. The Balaban J connectivity index is 2.45. The fourth-order valence-corrected chi connectivity index (χ4v) is 2.50. The molecule has 2 rings (SSSR count). The van der Waals surface area contributed by atoms with Crippen LogP contribution in [0.25, 0.3) is 0 Å². The SMILES string of the molecule is CCN(C(=O)c1c(Cl)cccc1Cl)c1cccc(O)c1. The number of hydrogen-bond acceptors (Lipinski definition) is 2. The van der Waals surface area contributed by atoms with E-state index in [0.717, 1.165) is 0 Å². The summed E-state index contributed by atoms with van der Waals surface area (Å²) < 4.78 is 0. The maximum Gasteiger partial charge on any atom is 0.261 e. The Morgan fingerprint density at radius 3 is 2.30 bits per heavy atom. The average molecular weight is 310 g/mol. The molecule has 0 unspecified atom stereocenters. The van der Waals surface area contributed by atoms with Crippen molar-refractivity contribution in [3.63, 3.8) is 0 Å². The van der Waals surface area contributed by atoms with E-state index < -0.39 is 0 Å². The Bertz CT molecular complexity index is 623. The molecule has 0 radical (unpaired) electrons. The number of phenolic OH excluding ortho intramolecular Hbond substituents is 1. The molecule has 0 spiro atoms. The van der Waals surface area contributed by atoms with Crippen molar-refractivity contribution in [3.05, 3.63) is 58.1 Å². The van der Waals surface area contributed by atoms with Crippen molar-refractivity contribution in [3.8, 4) is 5.75 Å². The molecule has 3 nitrogen and oxygen atoms in total. The first kappa shape index (κ1) is 14.7. The first-order valence-electron chi connectivity index (χ1n) is 6.09. The molecule has 0 aliphatic carbocycles. The zero-order valence-electron chi connectivity index (χ0n) is 10.8. The molecule has 0 bridgehead atoms. The van der Waals surface area contributed by atoms with E-state index in [4.69, 9.17) is 23.2 Å². The summed E-state index contributed by atoms with van der Waals surface area (Å²) in [6.45, 7) is 2.27. The molecule has 0 saturated carbocycles. The molecular formula is C15H13Cl2NO2. The molecule has 1 amide bonds. The van der Waals surface area contributed by atoms with E-state index in [9.17, 15) is 9.90 Å². The molecule has 0 heterocycles. The highest BCUT2D eigenvalue weighted by atomic mass is 35.5. The Hall–Kier alpha value is -1.71. The number of nitrogens with zero attached hydrogens (tertiary/aromatic N) is 1. The number of hydrogen-bond donors (Lipinski definition) is 1. The third-order valence-corrected chi connectivity index (χ3v) is 3.51. The van der Waals surface area contributed by atoms with Crippen LogP contribution >= 0.6 is 23.2 Å². The van der Waals surface area contributed by atoms with Crippen LogP contribution in [0.4, 0.5) is 5.69 Å². The van der Waals surface area contributed by atoms with E-state index in [2.05, 4.69) is 0 Å². The van der Waals surface area contributed by atoms with Crippen molar-refractivity contribution in [1.29, 1.82) is 0 Å². The van der Waals surface area contributed by atoms with Crippen LogP contribution in [0.2, 0.25) is 10.0 Å². The van der Waals surface area contributed by atoms with E-state index in [0.29, 0.717) is 22.3 Å². The monoisotopic (exact) mass is 309 g/mol. The second-order valence-corrected chi connectivity index (χ2v) is 4.98. The molecule has 0 aromatic heterocycles. The van der Waals surface area contributed by atoms with Gasteiger partial charge < -0.3 is 10.0 Å². The maximum absolute atomic E-state index is 12.6.